The smallest absolute Gasteiger partial charge is 0.293 e. The first-order valence-corrected chi connectivity index (χ1v) is 9.49. The van der Waals surface area contributed by atoms with E-state index in [4.69, 9.17) is 16.3 Å². The molecule has 1 heterocycles. The van der Waals surface area contributed by atoms with Crippen LogP contribution >= 0.6 is 22.9 Å². The van der Waals surface area contributed by atoms with E-state index in [9.17, 15) is 18.5 Å². The topological polar surface area (TPSA) is 89.8 Å². The molecule has 0 amide bonds. The number of nitro groups is 1. The van der Waals surface area contributed by atoms with Crippen molar-refractivity contribution in [3.8, 4) is 5.75 Å². The number of ether oxygens (including phenoxy) is 1. The van der Waals surface area contributed by atoms with Gasteiger partial charge in [-0.1, -0.05) is 18.5 Å². The second-order valence-electron chi connectivity index (χ2n) is 4.73. The number of nitrogens with zero attached hydrogens (tertiary/aromatic N) is 2. The molecule has 130 valence electrons. The number of benzene rings is 1. The third-order valence-electron chi connectivity index (χ3n) is 3.29. The number of hydrogen-bond acceptors (Lipinski definition) is 6. The summed E-state index contributed by atoms with van der Waals surface area (Å²) >= 11 is 7.13. The van der Waals surface area contributed by atoms with Crippen LogP contribution in [-0.2, 0) is 16.6 Å². The molecule has 10 heteroatoms. The summed E-state index contributed by atoms with van der Waals surface area (Å²) in [5.74, 6) is 0.216. The summed E-state index contributed by atoms with van der Waals surface area (Å²) in [5.41, 5.74) is -0.517. The van der Waals surface area contributed by atoms with Gasteiger partial charge in [0.05, 0.1) is 22.4 Å². The molecular formula is C14H15ClN2O5S2. The molecule has 0 fully saturated rings. The van der Waals surface area contributed by atoms with Gasteiger partial charge in [-0.3, -0.25) is 10.1 Å². The molecule has 0 saturated carbocycles. The van der Waals surface area contributed by atoms with Crippen molar-refractivity contribution >= 4 is 38.6 Å². The molecule has 0 N–H and O–H groups in total. The van der Waals surface area contributed by atoms with E-state index in [-0.39, 0.29) is 23.7 Å². The molecule has 7 nitrogen and oxygen atoms in total. The zero-order valence-electron chi connectivity index (χ0n) is 12.9. The first-order chi connectivity index (χ1) is 11.3. The van der Waals surface area contributed by atoms with Crippen molar-refractivity contribution < 1.29 is 18.1 Å². The average molecular weight is 391 g/mol. The first kappa shape index (κ1) is 18.7. The highest BCUT2D eigenvalue weighted by molar-refractivity contribution is 7.89. The van der Waals surface area contributed by atoms with E-state index < -0.39 is 20.6 Å². The molecule has 1 aromatic carbocycles. The number of sulfonamides is 1. The Morgan fingerprint density at radius 1 is 1.33 bits per heavy atom. The monoisotopic (exact) mass is 390 g/mol. The van der Waals surface area contributed by atoms with Gasteiger partial charge < -0.3 is 4.74 Å². The van der Waals surface area contributed by atoms with Crippen LogP contribution in [0, 0.1) is 10.1 Å². The van der Waals surface area contributed by atoms with Gasteiger partial charge in [0.15, 0.2) is 4.90 Å². The molecule has 1 aromatic heterocycles. The van der Waals surface area contributed by atoms with Crippen molar-refractivity contribution in [3.05, 3.63) is 49.7 Å². The van der Waals surface area contributed by atoms with Crippen LogP contribution in [0.25, 0.3) is 0 Å². The molecule has 0 saturated heterocycles. The predicted octanol–water partition coefficient (Wildman–Crippen LogP) is 3.53. The molecule has 0 atom stereocenters. The molecule has 0 unspecified atom stereocenters. The highest BCUT2D eigenvalue weighted by atomic mass is 35.5. The summed E-state index contributed by atoms with van der Waals surface area (Å²) < 4.78 is 32.4. The normalized spacial score (nSPS) is 11.7. The van der Waals surface area contributed by atoms with E-state index in [2.05, 4.69) is 0 Å². The SMILES string of the molecule is CCN(Cc1ccc(Cl)s1)S(=O)(=O)c1ccc(OC)cc1[N+](=O)[O-]. The summed E-state index contributed by atoms with van der Waals surface area (Å²) in [6.45, 7) is 1.93. The van der Waals surface area contributed by atoms with Gasteiger partial charge in [-0.15, -0.1) is 11.3 Å². The van der Waals surface area contributed by atoms with Gasteiger partial charge in [-0.2, -0.15) is 4.31 Å². The molecule has 2 rings (SSSR count). The van der Waals surface area contributed by atoms with Crippen molar-refractivity contribution in [2.24, 2.45) is 0 Å². The second-order valence-corrected chi connectivity index (χ2v) is 8.43. The Labute approximate surface area is 148 Å². The highest BCUT2D eigenvalue weighted by Gasteiger charge is 2.31. The Bertz CT molecular complexity index is 851. The van der Waals surface area contributed by atoms with Crippen LogP contribution < -0.4 is 4.74 Å². The minimum absolute atomic E-state index is 0.0966. The van der Waals surface area contributed by atoms with E-state index in [1.54, 1.807) is 19.1 Å². The van der Waals surface area contributed by atoms with Gasteiger partial charge in [-0.05, 0) is 24.3 Å². The number of rotatable bonds is 7. The van der Waals surface area contributed by atoms with E-state index in [0.717, 1.165) is 10.9 Å². The third kappa shape index (κ3) is 3.86. The Kier molecular flexibility index (Phi) is 5.81. The number of nitro benzene ring substituents is 1. The van der Waals surface area contributed by atoms with Crippen molar-refractivity contribution in [2.45, 2.75) is 18.4 Å². The largest absolute Gasteiger partial charge is 0.497 e. The Morgan fingerprint density at radius 3 is 2.54 bits per heavy atom. The van der Waals surface area contributed by atoms with Crippen molar-refractivity contribution in [1.29, 1.82) is 0 Å². The van der Waals surface area contributed by atoms with Crippen molar-refractivity contribution in [3.63, 3.8) is 0 Å². The van der Waals surface area contributed by atoms with Gasteiger partial charge in [0.25, 0.3) is 5.69 Å². The minimum atomic E-state index is -4.04. The molecule has 0 bridgehead atoms. The number of thiophene rings is 1. The third-order valence-corrected chi connectivity index (χ3v) is 6.48. The van der Waals surface area contributed by atoms with Crippen molar-refractivity contribution in [1.82, 2.24) is 4.31 Å². The van der Waals surface area contributed by atoms with Gasteiger partial charge in [0.1, 0.15) is 5.75 Å². The molecule has 0 aliphatic rings. The number of halogens is 1. The molecule has 0 spiro atoms. The number of hydrogen-bond donors (Lipinski definition) is 0. The lowest BCUT2D eigenvalue weighted by Crippen LogP contribution is -2.30. The molecule has 24 heavy (non-hydrogen) atoms. The standard InChI is InChI=1S/C14H15ClN2O5S2/c1-3-16(9-11-5-7-14(15)23-11)24(20,21)13-6-4-10(22-2)8-12(13)17(18)19/h4-8H,3,9H2,1-2H3. The lowest BCUT2D eigenvalue weighted by Gasteiger charge is -2.19. The molecule has 2 aromatic rings. The maximum absolute atomic E-state index is 12.9. The lowest BCUT2D eigenvalue weighted by molar-refractivity contribution is -0.387. The van der Waals surface area contributed by atoms with Crippen molar-refractivity contribution in [2.75, 3.05) is 13.7 Å². The number of methoxy groups -OCH3 is 1. The second kappa shape index (κ2) is 7.47. The van der Waals surface area contributed by atoms with Crippen LogP contribution in [0.1, 0.15) is 11.8 Å². The first-order valence-electron chi connectivity index (χ1n) is 6.86. The fourth-order valence-electron chi connectivity index (χ4n) is 2.10. The summed E-state index contributed by atoms with van der Waals surface area (Å²) in [6.07, 6.45) is 0. The quantitative estimate of drug-likeness (QED) is 0.532. The molecule has 0 aliphatic heterocycles. The minimum Gasteiger partial charge on any atom is -0.497 e. The molecule has 0 aliphatic carbocycles. The fraction of sp³-hybridized carbons (Fsp3) is 0.286. The van der Waals surface area contributed by atoms with Gasteiger partial charge in [-0.25, -0.2) is 8.42 Å². The Morgan fingerprint density at radius 2 is 2.04 bits per heavy atom. The van der Waals surface area contributed by atoms with E-state index in [1.807, 2.05) is 0 Å². The van der Waals surface area contributed by atoms with Gasteiger partial charge >= 0.3 is 0 Å². The lowest BCUT2D eigenvalue weighted by atomic mass is 10.3. The molecular weight excluding hydrogens is 376 g/mol. The summed E-state index contributed by atoms with van der Waals surface area (Å²) in [5, 5.41) is 11.3. The fourth-order valence-corrected chi connectivity index (χ4v) is 4.85. The maximum Gasteiger partial charge on any atom is 0.293 e. The van der Waals surface area contributed by atoms with Gasteiger partial charge in [0.2, 0.25) is 10.0 Å². The van der Waals surface area contributed by atoms with Crippen LogP contribution in [0.3, 0.4) is 0 Å². The zero-order valence-corrected chi connectivity index (χ0v) is 15.3. The van der Waals surface area contributed by atoms with Crippen LogP contribution in [0.15, 0.2) is 35.2 Å². The van der Waals surface area contributed by atoms with Crippen LogP contribution in [0.4, 0.5) is 5.69 Å². The van der Waals surface area contributed by atoms with E-state index in [0.29, 0.717) is 4.34 Å². The maximum atomic E-state index is 12.9. The Hall–Kier alpha value is -1.68. The summed E-state index contributed by atoms with van der Waals surface area (Å²) in [4.78, 5) is 10.9. The zero-order chi connectivity index (χ0) is 17.9. The highest BCUT2D eigenvalue weighted by Crippen LogP contribution is 2.32. The summed E-state index contributed by atoms with van der Waals surface area (Å²) in [6, 6.07) is 7.08. The predicted molar refractivity (Wildman–Crippen MR) is 92.2 cm³/mol. The van der Waals surface area contributed by atoms with Crippen LogP contribution in [0.5, 0.6) is 5.75 Å². The molecule has 0 radical (unpaired) electrons. The van der Waals surface area contributed by atoms with Gasteiger partial charge in [0, 0.05) is 18.0 Å². The van der Waals surface area contributed by atoms with E-state index >= 15 is 0 Å². The average Bonchev–Trinajstić information content (AvgIpc) is 2.96. The van der Waals surface area contributed by atoms with Crippen LogP contribution in [-0.4, -0.2) is 31.3 Å². The van der Waals surface area contributed by atoms with E-state index in [1.165, 1.54) is 34.9 Å². The van der Waals surface area contributed by atoms with Crippen LogP contribution in [0.2, 0.25) is 4.34 Å². The Balaban J connectivity index is 2.45. The summed E-state index contributed by atoms with van der Waals surface area (Å²) in [7, 11) is -2.69.